The Labute approximate surface area is 73.9 Å². The highest BCUT2D eigenvalue weighted by atomic mass is 16.5. The van der Waals surface area contributed by atoms with E-state index in [-0.39, 0.29) is 0 Å². The molecular weight excluding hydrogens is 152 g/mol. The van der Waals surface area contributed by atoms with Crippen LogP contribution in [0.25, 0.3) is 0 Å². The van der Waals surface area contributed by atoms with Gasteiger partial charge in [-0.1, -0.05) is 5.92 Å². The summed E-state index contributed by atoms with van der Waals surface area (Å²) in [5.74, 6) is 2.61. The molecule has 1 saturated heterocycles. The third-order valence-electron chi connectivity index (χ3n) is 1.42. The molecule has 0 atom stereocenters. The Balaban J connectivity index is 0.000000354. The summed E-state index contributed by atoms with van der Waals surface area (Å²) in [5, 5.41) is 7.32. The van der Waals surface area contributed by atoms with Gasteiger partial charge in [-0.3, -0.25) is 4.90 Å². The molecule has 1 rings (SSSR count). The molecule has 66 valence electrons. The summed E-state index contributed by atoms with van der Waals surface area (Å²) in [6, 6.07) is 1.75. The second-order valence-corrected chi connectivity index (χ2v) is 2.32. The van der Waals surface area contributed by atoms with Crippen LogP contribution >= 0.6 is 0 Å². The molecule has 0 aromatic carbocycles. The molecule has 0 radical (unpaired) electrons. The van der Waals surface area contributed by atoms with E-state index in [0.717, 1.165) is 32.8 Å². The highest BCUT2D eigenvalue weighted by Gasteiger charge is 2.06. The van der Waals surface area contributed by atoms with Gasteiger partial charge in [-0.2, -0.15) is 5.26 Å². The summed E-state index contributed by atoms with van der Waals surface area (Å²) in [5.41, 5.74) is 0. The van der Waals surface area contributed by atoms with E-state index in [1.165, 1.54) is 6.92 Å². The highest BCUT2D eigenvalue weighted by Crippen LogP contribution is 1.93. The van der Waals surface area contributed by atoms with E-state index in [1.807, 2.05) is 0 Å². The zero-order valence-corrected chi connectivity index (χ0v) is 7.42. The summed E-state index contributed by atoms with van der Waals surface area (Å²) < 4.78 is 5.14. The maximum Gasteiger partial charge on any atom is 0.0600 e. The van der Waals surface area contributed by atoms with Gasteiger partial charge in [-0.15, -0.1) is 6.42 Å². The fourth-order valence-electron chi connectivity index (χ4n) is 0.888. The quantitative estimate of drug-likeness (QED) is 0.532. The van der Waals surface area contributed by atoms with Crippen LogP contribution < -0.4 is 0 Å². The van der Waals surface area contributed by atoms with Gasteiger partial charge in [0.1, 0.15) is 0 Å². The molecule has 0 saturated carbocycles. The molecule has 1 fully saturated rings. The first-order valence-corrected chi connectivity index (χ1v) is 3.89. The van der Waals surface area contributed by atoms with E-state index >= 15 is 0 Å². The van der Waals surface area contributed by atoms with Gasteiger partial charge in [0.25, 0.3) is 0 Å². The first-order chi connectivity index (χ1) is 5.85. The van der Waals surface area contributed by atoms with Crippen molar-refractivity contribution >= 4 is 0 Å². The molecule has 0 amide bonds. The zero-order valence-electron chi connectivity index (χ0n) is 7.42. The van der Waals surface area contributed by atoms with Gasteiger partial charge < -0.3 is 4.74 Å². The van der Waals surface area contributed by atoms with E-state index in [9.17, 15) is 0 Å². The molecular formula is C9H14N2O. The van der Waals surface area contributed by atoms with Crippen molar-refractivity contribution in [3.63, 3.8) is 0 Å². The first kappa shape index (κ1) is 11.0. The molecule has 0 aliphatic carbocycles. The van der Waals surface area contributed by atoms with E-state index in [4.69, 9.17) is 16.4 Å². The summed E-state index contributed by atoms with van der Waals surface area (Å²) in [7, 11) is 0. The van der Waals surface area contributed by atoms with Crippen LogP contribution in [-0.4, -0.2) is 37.7 Å². The molecule has 0 bridgehead atoms. The van der Waals surface area contributed by atoms with Gasteiger partial charge in [0.15, 0.2) is 0 Å². The monoisotopic (exact) mass is 166 g/mol. The summed E-state index contributed by atoms with van der Waals surface area (Å²) >= 11 is 0. The van der Waals surface area contributed by atoms with E-state index < -0.39 is 0 Å². The SMILES string of the molecule is C#CCN1CCOCC1.CC#N. The molecule has 1 aliphatic rings. The Kier molecular flexibility index (Phi) is 7.38. The van der Waals surface area contributed by atoms with Gasteiger partial charge in [-0.05, 0) is 0 Å². The Bertz CT molecular complexity index is 172. The fraction of sp³-hybridized carbons (Fsp3) is 0.667. The molecule has 0 N–H and O–H groups in total. The molecule has 0 unspecified atom stereocenters. The van der Waals surface area contributed by atoms with Crippen molar-refractivity contribution in [3.8, 4) is 18.4 Å². The minimum Gasteiger partial charge on any atom is -0.379 e. The number of morpholine rings is 1. The van der Waals surface area contributed by atoms with Crippen molar-refractivity contribution in [1.29, 1.82) is 5.26 Å². The van der Waals surface area contributed by atoms with Crippen molar-refractivity contribution < 1.29 is 4.74 Å². The van der Waals surface area contributed by atoms with Crippen molar-refractivity contribution in [2.75, 3.05) is 32.8 Å². The molecule has 0 aromatic rings. The number of ether oxygens (including phenoxy) is 1. The Morgan fingerprint density at radius 3 is 2.42 bits per heavy atom. The van der Waals surface area contributed by atoms with E-state index in [2.05, 4.69) is 10.8 Å². The fourth-order valence-corrected chi connectivity index (χ4v) is 0.888. The van der Waals surface area contributed by atoms with Gasteiger partial charge in [0.2, 0.25) is 0 Å². The lowest BCUT2D eigenvalue weighted by Crippen LogP contribution is -2.36. The average Bonchev–Trinajstić information content (AvgIpc) is 2.08. The van der Waals surface area contributed by atoms with Crippen LogP contribution in [0.5, 0.6) is 0 Å². The van der Waals surface area contributed by atoms with Gasteiger partial charge >= 0.3 is 0 Å². The van der Waals surface area contributed by atoms with Crippen LogP contribution in [0, 0.1) is 23.7 Å². The molecule has 0 aromatic heterocycles. The molecule has 1 heterocycles. The van der Waals surface area contributed by atoms with Crippen LogP contribution in [-0.2, 0) is 4.74 Å². The van der Waals surface area contributed by atoms with Gasteiger partial charge in [0, 0.05) is 20.0 Å². The second kappa shape index (κ2) is 8.07. The number of hydrogen-bond donors (Lipinski definition) is 0. The average molecular weight is 166 g/mol. The standard InChI is InChI=1S/C7H11NO.C2H3N/c1-2-3-8-4-6-9-7-5-8;1-2-3/h1H,3-7H2;1H3. The van der Waals surface area contributed by atoms with Gasteiger partial charge in [-0.25, -0.2) is 0 Å². The lowest BCUT2D eigenvalue weighted by atomic mass is 10.4. The number of rotatable bonds is 1. The van der Waals surface area contributed by atoms with Crippen LogP contribution in [0.3, 0.4) is 0 Å². The summed E-state index contributed by atoms with van der Waals surface area (Å²) in [6.45, 7) is 5.85. The van der Waals surface area contributed by atoms with E-state index in [0.29, 0.717) is 0 Å². The third-order valence-corrected chi connectivity index (χ3v) is 1.42. The summed E-state index contributed by atoms with van der Waals surface area (Å²) in [4.78, 5) is 2.21. The first-order valence-electron chi connectivity index (χ1n) is 3.89. The molecule has 1 aliphatic heterocycles. The Morgan fingerprint density at radius 1 is 1.50 bits per heavy atom. The van der Waals surface area contributed by atoms with Crippen LogP contribution in [0.2, 0.25) is 0 Å². The number of terminal acetylenes is 1. The van der Waals surface area contributed by atoms with Crippen molar-refractivity contribution in [2.45, 2.75) is 6.92 Å². The van der Waals surface area contributed by atoms with Crippen molar-refractivity contribution in [1.82, 2.24) is 4.90 Å². The lowest BCUT2D eigenvalue weighted by molar-refractivity contribution is 0.0444. The molecule has 3 heteroatoms. The van der Waals surface area contributed by atoms with Crippen LogP contribution in [0.1, 0.15) is 6.92 Å². The maximum atomic E-state index is 7.32. The maximum absolute atomic E-state index is 7.32. The molecule has 12 heavy (non-hydrogen) atoms. The number of hydrogen-bond acceptors (Lipinski definition) is 3. The third kappa shape index (κ3) is 5.73. The lowest BCUT2D eigenvalue weighted by Gasteiger charge is -2.23. The van der Waals surface area contributed by atoms with Gasteiger partial charge in [0.05, 0.1) is 25.8 Å². The Hall–Kier alpha value is -1.03. The van der Waals surface area contributed by atoms with Crippen LogP contribution in [0.15, 0.2) is 0 Å². The zero-order chi connectivity index (χ0) is 9.23. The second-order valence-electron chi connectivity index (χ2n) is 2.32. The predicted octanol–water partition coefficient (Wildman–Crippen LogP) is 0.482. The van der Waals surface area contributed by atoms with E-state index in [1.54, 1.807) is 6.07 Å². The highest BCUT2D eigenvalue weighted by molar-refractivity contribution is 4.88. The smallest absolute Gasteiger partial charge is 0.0600 e. The number of nitrogens with zero attached hydrogens (tertiary/aromatic N) is 2. The Morgan fingerprint density at radius 2 is 2.00 bits per heavy atom. The topological polar surface area (TPSA) is 36.3 Å². The molecule has 0 spiro atoms. The minimum atomic E-state index is 0.767. The van der Waals surface area contributed by atoms with Crippen molar-refractivity contribution in [3.05, 3.63) is 0 Å². The summed E-state index contributed by atoms with van der Waals surface area (Å²) in [6.07, 6.45) is 5.13. The minimum absolute atomic E-state index is 0.767. The van der Waals surface area contributed by atoms with Crippen molar-refractivity contribution in [2.24, 2.45) is 0 Å². The normalized spacial score (nSPS) is 16.6. The predicted molar refractivity (Wildman–Crippen MR) is 47.4 cm³/mol. The number of nitriles is 1. The largest absolute Gasteiger partial charge is 0.379 e. The van der Waals surface area contributed by atoms with Crippen LogP contribution in [0.4, 0.5) is 0 Å². The molecule has 3 nitrogen and oxygen atoms in total.